The van der Waals surface area contributed by atoms with Gasteiger partial charge in [-0.25, -0.2) is 0 Å². The van der Waals surface area contributed by atoms with Crippen LogP contribution >= 0.6 is 39.7 Å². The molecule has 5 heteroatoms. The van der Waals surface area contributed by atoms with Crippen LogP contribution in [-0.4, -0.2) is 0 Å². The van der Waals surface area contributed by atoms with Crippen molar-refractivity contribution in [2.75, 3.05) is 0 Å². The van der Waals surface area contributed by atoms with E-state index in [1.165, 1.54) is 0 Å². The summed E-state index contributed by atoms with van der Waals surface area (Å²) in [4.78, 5) is 0.0880. The first-order chi connectivity index (χ1) is 5.66. The number of hydrogen-bond donors (Lipinski definition) is 0. The lowest BCUT2D eigenvalue weighted by Crippen LogP contribution is -1.67. The van der Waals surface area contributed by atoms with Crippen molar-refractivity contribution in [3.8, 4) is 0 Å². The number of rotatable bonds is 0. The molecule has 2 rings (SSSR count). The number of halogens is 2. The van der Waals surface area contributed by atoms with Gasteiger partial charge in [0.25, 0.3) is 0 Å². The number of benzene rings is 1. The summed E-state index contributed by atoms with van der Waals surface area (Å²) in [6.07, 6.45) is 0. The van der Waals surface area contributed by atoms with Gasteiger partial charge in [-0.2, -0.15) is 0 Å². The molecule has 1 aromatic heterocycles. The van der Waals surface area contributed by atoms with Crippen LogP contribution in [0.25, 0.3) is 11.2 Å². The first-order valence-corrected chi connectivity index (χ1v) is 4.63. The maximum Gasteiger partial charge on any atom is 0.363 e. The van der Waals surface area contributed by atoms with E-state index in [4.69, 9.17) is 32.7 Å². The van der Waals surface area contributed by atoms with Gasteiger partial charge in [0.2, 0.25) is 0 Å². The summed E-state index contributed by atoms with van der Waals surface area (Å²) in [7, 11) is 0. The maximum atomic E-state index is 5.85. The third kappa shape index (κ3) is 1.30. The SMILES string of the molecule is S=c1oc2cc(Br)cc(Cl)c2o1. The van der Waals surface area contributed by atoms with Crippen LogP contribution in [0.3, 0.4) is 0 Å². The highest BCUT2D eigenvalue weighted by Crippen LogP contribution is 2.29. The molecule has 0 aliphatic carbocycles. The topological polar surface area (TPSA) is 26.3 Å². The van der Waals surface area contributed by atoms with E-state index in [1.807, 2.05) is 0 Å². The monoisotopic (exact) mass is 264 g/mol. The Morgan fingerprint density at radius 3 is 2.83 bits per heavy atom. The zero-order valence-corrected chi connectivity index (χ0v) is 8.79. The van der Waals surface area contributed by atoms with Crippen LogP contribution in [0.2, 0.25) is 5.02 Å². The van der Waals surface area contributed by atoms with Crippen LogP contribution in [0.1, 0.15) is 0 Å². The molecule has 0 radical (unpaired) electrons. The molecule has 2 nitrogen and oxygen atoms in total. The summed E-state index contributed by atoms with van der Waals surface area (Å²) >= 11 is 13.8. The zero-order valence-electron chi connectivity index (χ0n) is 5.64. The van der Waals surface area contributed by atoms with Gasteiger partial charge >= 0.3 is 4.90 Å². The van der Waals surface area contributed by atoms with Crippen molar-refractivity contribution in [2.24, 2.45) is 0 Å². The van der Waals surface area contributed by atoms with Gasteiger partial charge in [0.15, 0.2) is 11.2 Å². The lowest BCUT2D eigenvalue weighted by atomic mass is 10.3. The molecule has 0 saturated carbocycles. The summed E-state index contributed by atoms with van der Waals surface area (Å²) in [5, 5.41) is 0.485. The van der Waals surface area contributed by atoms with Crippen LogP contribution in [0, 0.1) is 4.90 Å². The Morgan fingerprint density at radius 2 is 2.08 bits per heavy atom. The summed E-state index contributed by atoms with van der Waals surface area (Å²) < 4.78 is 10.9. The van der Waals surface area contributed by atoms with Crippen molar-refractivity contribution in [1.82, 2.24) is 0 Å². The van der Waals surface area contributed by atoms with Crippen LogP contribution in [0.4, 0.5) is 0 Å². The fourth-order valence-electron chi connectivity index (χ4n) is 0.906. The molecule has 0 saturated heterocycles. The van der Waals surface area contributed by atoms with Gasteiger partial charge in [0, 0.05) is 16.7 Å². The average Bonchev–Trinajstić information content (AvgIpc) is 2.29. The molecule has 0 spiro atoms. The molecule has 0 N–H and O–H groups in total. The Kier molecular flexibility index (Phi) is 1.98. The third-order valence-electron chi connectivity index (χ3n) is 1.35. The van der Waals surface area contributed by atoms with E-state index in [2.05, 4.69) is 15.9 Å². The molecule has 1 heterocycles. The minimum atomic E-state index is 0.0880. The molecular formula is C7H2BrClO2S. The highest BCUT2D eigenvalue weighted by Gasteiger charge is 2.07. The van der Waals surface area contributed by atoms with E-state index in [0.717, 1.165) is 4.47 Å². The van der Waals surface area contributed by atoms with E-state index in [1.54, 1.807) is 12.1 Å². The molecule has 1 aromatic carbocycles. The largest absolute Gasteiger partial charge is 0.413 e. The second-order valence-electron chi connectivity index (χ2n) is 2.17. The van der Waals surface area contributed by atoms with Crippen LogP contribution in [0.15, 0.2) is 25.4 Å². The highest BCUT2D eigenvalue weighted by atomic mass is 79.9. The van der Waals surface area contributed by atoms with Crippen molar-refractivity contribution in [2.45, 2.75) is 0 Å². The Balaban J connectivity index is 2.97. The van der Waals surface area contributed by atoms with E-state index in [-0.39, 0.29) is 4.90 Å². The smallest absolute Gasteiger partial charge is 0.363 e. The van der Waals surface area contributed by atoms with Crippen LogP contribution in [-0.2, 0) is 0 Å². The minimum absolute atomic E-state index is 0.0880. The second kappa shape index (κ2) is 2.87. The fourth-order valence-corrected chi connectivity index (χ4v) is 1.90. The third-order valence-corrected chi connectivity index (χ3v) is 2.26. The molecule has 0 atom stereocenters. The standard InChI is InChI=1S/C7H2BrClO2S/c8-3-1-4(9)6-5(2-3)10-7(12)11-6/h1-2H. The van der Waals surface area contributed by atoms with E-state index >= 15 is 0 Å². The summed E-state index contributed by atoms with van der Waals surface area (Å²) in [5.41, 5.74) is 1.05. The maximum absolute atomic E-state index is 5.85. The zero-order chi connectivity index (χ0) is 8.72. The van der Waals surface area contributed by atoms with Gasteiger partial charge in [0.05, 0.1) is 5.02 Å². The number of fused-ring (bicyclic) bond motifs is 1. The predicted molar refractivity (Wildman–Crippen MR) is 52.0 cm³/mol. The summed E-state index contributed by atoms with van der Waals surface area (Å²) in [6.45, 7) is 0. The molecular weight excluding hydrogens is 263 g/mol. The lowest BCUT2D eigenvalue weighted by molar-refractivity contribution is 0.444. The average molecular weight is 266 g/mol. The van der Waals surface area contributed by atoms with Crippen molar-refractivity contribution in [3.05, 3.63) is 26.5 Å². The van der Waals surface area contributed by atoms with E-state index < -0.39 is 0 Å². The van der Waals surface area contributed by atoms with Gasteiger partial charge in [-0.3, -0.25) is 0 Å². The van der Waals surface area contributed by atoms with E-state index in [9.17, 15) is 0 Å². The van der Waals surface area contributed by atoms with Gasteiger partial charge in [-0.1, -0.05) is 27.5 Å². The first-order valence-electron chi connectivity index (χ1n) is 3.05. The minimum Gasteiger partial charge on any atom is -0.413 e. The highest BCUT2D eigenvalue weighted by molar-refractivity contribution is 9.10. The first kappa shape index (κ1) is 8.29. The lowest BCUT2D eigenvalue weighted by Gasteiger charge is -1.90. The molecule has 0 amide bonds. The van der Waals surface area contributed by atoms with Crippen molar-refractivity contribution >= 4 is 50.9 Å². The predicted octanol–water partition coefficient (Wildman–Crippen LogP) is 4.17. The fraction of sp³-hybridized carbons (Fsp3) is 0. The second-order valence-corrected chi connectivity index (χ2v) is 3.83. The van der Waals surface area contributed by atoms with Crippen LogP contribution in [0.5, 0.6) is 0 Å². The van der Waals surface area contributed by atoms with Gasteiger partial charge in [0.1, 0.15) is 0 Å². The molecule has 0 aliphatic rings. The van der Waals surface area contributed by atoms with Crippen molar-refractivity contribution in [1.29, 1.82) is 0 Å². The van der Waals surface area contributed by atoms with Crippen molar-refractivity contribution in [3.63, 3.8) is 0 Å². The molecule has 62 valence electrons. The van der Waals surface area contributed by atoms with Gasteiger partial charge < -0.3 is 8.83 Å². The Labute approximate surface area is 86.2 Å². The molecule has 12 heavy (non-hydrogen) atoms. The molecule has 0 unspecified atom stereocenters. The van der Waals surface area contributed by atoms with Gasteiger partial charge in [-0.15, -0.1) is 0 Å². The summed E-state index contributed by atoms with van der Waals surface area (Å²) in [6, 6.07) is 3.47. The van der Waals surface area contributed by atoms with Crippen LogP contribution < -0.4 is 0 Å². The van der Waals surface area contributed by atoms with Crippen molar-refractivity contribution < 1.29 is 8.83 Å². The molecule has 2 aromatic rings. The summed E-state index contributed by atoms with van der Waals surface area (Å²) in [5.74, 6) is 0. The number of hydrogen-bond acceptors (Lipinski definition) is 3. The van der Waals surface area contributed by atoms with Gasteiger partial charge in [-0.05, 0) is 12.1 Å². The Bertz CT molecular complexity index is 488. The molecule has 0 fully saturated rings. The Morgan fingerprint density at radius 1 is 1.33 bits per heavy atom. The Hall–Kier alpha value is -0.320. The molecule has 0 bridgehead atoms. The normalized spacial score (nSPS) is 10.8. The quantitative estimate of drug-likeness (QED) is 0.669. The molecule has 0 aliphatic heterocycles. The van der Waals surface area contributed by atoms with E-state index in [0.29, 0.717) is 16.2 Å².